The van der Waals surface area contributed by atoms with Gasteiger partial charge in [0, 0.05) is 12.3 Å². The molecule has 5 atom stereocenters. The Morgan fingerprint density at radius 2 is 1.54 bits per heavy atom. The largest absolute Gasteiger partial charge is 0.497 e. The van der Waals surface area contributed by atoms with Crippen LogP contribution in [0.2, 0.25) is 36.3 Å². The third-order valence-electron chi connectivity index (χ3n) is 12.7. The number of benzene rings is 1. The summed E-state index contributed by atoms with van der Waals surface area (Å²) >= 11 is 0. The minimum absolute atomic E-state index is 0.0188. The Morgan fingerprint density at radius 1 is 0.958 bits per heavy atom. The summed E-state index contributed by atoms with van der Waals surface area (Å²) in [5, 5.41) is 0.139. The number of Topliss-reactive ketones (excluding diaryl/α,β-unsaturated/α-hetero) is 1. The molecule has 3 rings (SSSR count). The van der Waals surface area contributed by atoms with Crippen LogP contribution in [-0.4, -0.2) is 60.9 Å². The molecule has 7 nitrogen and oxygen atoms in total. The van der Waals surface area contributed by atoms with Crippen LogP contribution >= 0.6 is 0 Å². The second-order valence-electron chi connectivity index (χ2n) is 18.0. The molecule has 1 aromatic rings. The highest BCUT2D eigenvalue weighted by molar-refractivity contribution is 6.74. The number of methoxy groups -OCH3 is 2. The number of hydrogen-bond acceptors (Lipinski definition) is 7. The van der Waals surface area contributed by atoms with Crippen molar-refractivity contribution in [1.29, 1.82) is 0 Å². The lowest BCUT2D eigenvalue weighted by atomic mass is 9.66. The van der Waals surface area contributed by atoms with Crippen LogP contribution in [0.4, 0.5) is 0 Å². The van der Waals surface area contributed by atoms with E-state index in [2.05, 4.69) is 87.7 Å². The van der Waals surface area contributed by atoms with E-state index < -0.39 is 39.7 Å². The summed E-state index contributed by atoms with van der Waals surface area (Å²) in [4.78, 5) is 28.6. The van der Waals surface area contributed by atoms with Gasteiger partial charge in [0.1, 0.15) is 11.2 Å². The van der Waals surface area contributed by atoms with E-state index in [1.54, 1.807) is 7.11 Å². The van der Waals surface area contributed by atoms with E-state index in [0.717, 1.165) is 11.3 Å². The molecule has 0 bridgehead atoms. The van der Waals surface area contributed by atoms with E-state index in [4.69, 9.17) is 23.1 Å². The SMILES string of the molecule is COC(=O)C1(C[C@H](C/C=C/CO[Si](C)(C)C(C)(C)C)OCc2ccc(OC)cc2)C(=O)C[C@H]2C(C)(C)[C@@]2(O[Si](C)(C)C(C)(C)C)C[C@@H]1C. The van der Waals surface area contributed by atoms with Gasteiger partial charge in [0.15, 0.2) is 22.4 Å². The number of carbonyl (C=O) groups is 2. The van der Waals surface area contributed by atoms with E-state index in [1.807, 2.05) is 37.3 Å². The first-order valence-corrected chi connectivity index (χ1v) is 23.6. The summed E-state index contributed by atoms with van der Waals surface area (Å²) in [5.41, 5.74) is -0.964. The molecule has 9 heteroatoms. The van der Waals surface area contributed by atoms with Gasteiger partial charge < -0.3 is 23.1 Å². The van der Waals surface area contributed by atoms with Gasteiger partial charge in [0.25, 0.3) is 0 Å². The predicted molar refractivity (Wildman–Crippen MR) is 199 cm³/mol. The van der Waals surface area contributed by atoms with E-state index in [9.17, 15) is 9.59 Å². The van der Waals surface area contributed by atoms with Gasteiger partial charge in [-0.1, -0.05) is 86.6 Å². The lowest BCUT2D eigenvalue weighted by Crippen LogP contribution is -2.50. The van der Waals surface area contributed by atoms with Crippen molar-refractivity contribution in [3.8, 4) is 5.75 Å². The Labute approximate surface area is 294 Å². The molecule has 0 saturated heterocycles. The van der Waals surface area contributed by atoms with Crippen LogP contribution in [0.25, 0.3) is 0 Å². The minimum Gasteiger partial charge on any atom is -0.497 e. The molecular weight excluding hydrogens is 637 g/mol. The lowest BCUT2D eigenvalue weighted by Gasteiger charge is -2.43. The molecule has 272 valence electrons. The molecule has 48 heavy (non-hydrogen) atoms. The second-order valence-corrected chi connectivity index (χ2v) is 27.5. The normalized spacial score (nSPS) is 26.9. The van der Waals surface area contributed by atoms with Crippen molar-refractivity contribution in [1.82, 2.24) is 0 Å². The third-order valence-corrected chi connectivity index (χ3v) is 21.7. The van der Waals surface area contributed by atoms with Crippen molar-refractivity contribution in [3.63, 3.8) is 0 Å². The van der Waals surface area contributed by atoms with Gasteiger partial charge in [-0.2, -0.15) is 0 Å². The molecule has 1 unspecified atom stereocenters. The summed E-state index contributed by atoms with van der Waals surface area (Å²) in [6.45, 7) is 29.9. The summed E-state index contributed by atoms with van der Waals surface area (Å²) in [6, 6.07) is 7.78. The van der Waals surface area contributed by atoms with Gasteiger partial charge in [-0.25, -0.2) is 0 Å². The van der Waals surface area contributed by atoms with E-state index in [0.29, 0.717) is 32.5 Å². The summed E-state index contributed by atoms with van der Waals surface area (Å²) in [5.74, 6) is 0.00254. The summed E-state index contributed by atoms with van der Waals surface area (Å²) < 4.78 is 31.0. The van der Waals surface area contributed by atoms with Crippen molar-refractivity contribution in [2.45, 2.75) is 143 Å². The zero-order valence-electron chi connectivity index (χ0n) is 32.8. The van der Waals surface area contributed by atoms with Crippen molar-refractivity contribution >= 4 is 28.4 Å². The Balaban J connectivity index is 1.94. The highest BCUT2D eigenvalue weighted by Gasteiger charge is 2.77. The van der Waals surface area contributed by atoms with Gasteiger partial charge in [-0.3, -0.25) is 9.59 Å². The maximum atomic E-state index is 14.6. The zero-order valence-corrected chi connectivity index (χ0v) is 34.8. The summed E-state index contributed by atoms with van der Waals surface area (Å²) in [6.07, 6.45) is 5.42. The molecule has 2 saturated carbocycles. The van der Waals surface area contributed by atoms with Gasteiger partial charge in [0.2, 0.25) is 0 Å². The van der Waals surface area contributed by atoms with Crippen molar-refractivity contribution in [3.05, 3.63) is 42.0 Å². The maximum Gasteiger partial charge on any atom is 0.319 e. The molecular formula is C39H66O7Si2. The number of carbonyl (C=O) groups excluding carboxylic acids is 2. The Morgan fingerprint density at radius 3 is 2.06 bits per heavy atom. The number of hydrogen-bond donors (Lipinski definition) is 0. The molecule has 0 aliphatic heterocycles. The van der Waals surface area contributed by atoms with Gasteiger partial charge >= 0.3 is 5.97 Å². The van der Waals surface area contributed by atoms with Gasteiger partial charge in [0.05, 0.1) is 39.1 Å². The van der Waals surface area contributed by atoms with Crippen molar-refractivity contribution in [2.24, 2.45) is 22.7 Å². The van der Waals surface area contributed by atoms with Crippen LogP contribution in [0.5, 0.6) is 5.75 Å². The number of esters is 1. The van der Waals surface area contributed by atoms with Crippen LogP contribution in [0, 0.1) is 22.7 Å². The molecule has 0 N–H and O–H groups in total. The molecule has 0 heterocycles. The molecule has 0 amide bonds. The Bertz CT molecular complexity index is 1300. The average Bonchev–Trinajstić information content (AvgIpc) is 3.44. The third kappa shape index (κ3) is 8.06. The van der Waals surface area contributed by atoms with Gasteiger partial charge in [-0.15, -0.1) is 0 Å². The van der Waals surface area contributed by atoms with Crippen molar-refractivity contribution < 1.29 is 32.7 Å². The molecule has 2 aliphatic carbocycles. The highest BCUT2D eigenvalue weighted by atomic mass is 28.4. The van der Waals surface area contributed by atoms with Crippen LogP contribution in [0.1, 0.15) is 93.6 Å². The predicted octanol–water partition coefficient (Wildman–Crippen LogP) is 9.51. The fourth-order valence-electron chi connectivity index (χ4n) is 7.06. The number of fused-ring (bicyclic) bond motifs is 1. The van der Waals surface area contributed by atoms with Gasteiger partial charge in [-0.05, 0) is 84.6 Å². The second kappa shape index (κ2) is 14.4. The standard InChI is InChI=1S/C39H66O7Si2/c1-28-25-39(46-48(14,15)36(5,6)7)32(37(39,8)9)24-33(40)38(28,34(41)43-11)26-31(44-27-29-19-21-30(42-10)22-20-29)18-16-17-23-45-47(12,13)35(2,3)4/h16-17,19-22,28,31-32H,18,23-27H2,1-15H3/b17-16+/t28-,31-,32-,38?,39+/m0/s1. The molecule has 0 radical (unpaired) electrons. The molecule has 2 fully saturated rings. The lowest BCUT2D eigenvalue weighted by molar-refractivity contribution is -0.166. The Kier molecular flexibility index (Phi) is 12.2. The first kappa shape index (κ1) is 40.6. The van der Waals surface area contributed by atoms with E-state index in [1.165, 1.54) is 7.11 Å². The zero-order chi connectivity index (χ0) is 36.6. The average molecular weight is 703 g/mol. The fourth-order valence-corrected chi connectivity index (χ4v) is 9.71. The maximum absolute atomic E-state index is 14.6. The van der Waals surface area contributed by atoms with E-state index in [-0.39, 0.29) is 39.5 Å². The Hall–Kier alpha value is -1.79. The molecule has 0 spiro atoms. The van der Waals surface area contributed by atoms with Crippen LogP contribution in [0.3, 0.4) is 0 Å². The first-order valence-electron chi connectivity index (χ1n) is 17.8. The van der Waals surface area contributed by atoms with Crippen molar-refractivity contribution in [2.75, 3.05) is 20.8 Å². The minimum atomic E-state index is -2.19. The van der Waals surface area contributed by atoms with Crippen LogP contribution in [0.15, 0.2) is 36.4 Å². The first-order chi connectivity index (χ1) is 21.9. The number of ketones is 1. The topological polar surface area (TPSA) is 80.3 Å². The number of rotatable bonds is 14. The molecule has 2 aliphatic rings. The highest BCUT2D eigenvalue weighted by Crippen LogP contribution is 2.72. The quantitative estimate of drug-likeness (QED) is 0.0827. The number of ether oxygens (including phenoxy) is 3. The smallest absolute Gasteiger partial charge is 0.319 e. The molecule has 1 aromatic carbocycles. The summed E-state index contributed by atoms with van der Waals surface area (Å²) in [7, 11) is -1.04. The fraction of sp³-hybridized carbons (Fsp3) is 0.744. The monoisotopic (exact) mass is 702 g/mol. The van der Waals surface area contributed by atoms with Crippen LogP contribution in [-0.2, 0) is 34.5 Å². The molecule has 0 aromatic heterocycles. The van der Waals surface area contributed by atoms with Crippen LogP contribution < -0.4 is 4.74 Å². The van der Waals surface area contributed by atoms with E-state index >= 15 is 0 Å².